The molecule has 0 amide bonds. The van der Waals surface area contributed by atoms with Gasteiger partial charge in [0.2, 0.25) is 0 Å². The molecule has 0 aromatic carbocycles. The van der Waals surface area contributed by atoms with Gasteiger partial charge in [0.05, 0.1) is 0 Å². The molecule has 1 aromatic rings. The fraction of sp³-hybridized carbons (Fsp3) is 0.333. The van der Waals surface area contributed by atoms with Crippen LogP contribution >= 0.6 is 0 Å². The van der Waals surface area contributed by atoms with Gasteiger partial charge in [0.25, 0.3) is 0 Å². The second kappa shape index (κ2) is 3.16. The van der Waals surface area contributed by atoms with Crippen LogP contribution in [0.1, 0.15) is 6.92 Å². The minimum absolute atomic E-state index is 0.690. The van der Waals surface area contributed by atoms with E-state index >= 15 is 0 Å². The van der Waals surface area contributed by atoms with Crippen molar-refractivity contribution < 1.29 is 14.6 Å². The highest BCUT2D eigenvalue weighted by atomic mass is 16.6. The second-order valence-electron chi connectivity index (χ2n) is 1.93. The van der Waals surface area contributed by atoms with Gasteiger partial charge in [-0.2, -0.15) is 9.78 Å². The van der Waals surface area contributed by atoms with Crippen LogP contribution in [-0.4, -0.2) is 27.3 Å². The molecule has 0 aliphatic heterocycles. The molecule has 0 bridgehead atoms. The number of aliphatic hydroxyl groups excluding tert-OH is 1. The number of carbonyl (C=O) groups is 1. The molecule has 0 spiro atoms. The van der Waals surface area contributed by atoms with Crippen molar-refractivity contribution in [2.24, 2.45) is 0 Å². The molecule has 0 saturated heterocycles. The van der Waals surface area contributed by atoms with Crippen molar-refractivity contribution in [1.29, 1.82) is 0 Å². The Morgan fingerprint density at radius 2 is 2.55 bits per heavy atom. The van der Waals surface area contributed by atoms with Gasteiger partial charge in [0.15, 0.2) is 6.29 Å². The SMILES string of the molecule is CC(O)OC(=O)n1cccn1. The number of nitrogens with zero attached hydrogens (tertiary/aromatic N) is 2. The van der Waals surface area contributed by atoms with Crippen molar-refractivity contribution in [3.63, 3.8) is 0 Å². The Morgan fingerprint density at radius 1 is 1.82 bits per heavy atom. The lowest BCUT2D eigenvalue weighted by Crippen LogP contribution is -2.19. The van der Waals surface area contributed by atoms with Gasteiger partial charge in [0, 0.05) is 12.4 Å². The van der Waals surface area contributed by atoms with Gasteiger partial charge in [-0.25, -0.2) is 4.79 Å². The van der Waals surface area contributed by atoms with Crippen LogP contribution < -0.4 is 0 Å². The Labute approximate surface area is 63.2 Å². The van der Waals surface area contributed by atoms with Crippen molar-refractivity contribution in [1.82, 2.24) is 9.78 Å². The number of aromatic nitrogens is 2. The van der Waals surface area contributed by atoms with Crippen molar-refractivity contribution in [3.05, 3.63) is 18.5 Å². The van der Waals surface area contributed by atoms with Gasteiger partial charge < -0.3 is 9.84 Å². The summed E-state index contributed by atoms with van der Waals surface area (Å²) >= 11 is 0. The molecule has 0 aliphatic carbocycles. The van der Waals surface area contributed by atoms with Crippen LogP contribution in [0.15, 0.2) is 18.5 Å². The Morgan fingerprint density at radius 3 is 3.00 bits per heavy atom. The summed E-state index contributed by atoms with van der Waals surface area (Å²) in [4.78, 5) is 10.8. The van der Waals surface area contributed by atoms with Crippen LogP contribution in [0.5, 0.6) is 0 Å². The summed E-state index contributed by atoms with van der Waals surface area (Å²) in [6.07, 6.45) is 1.09. The highest BCUT2D eigenvalue weighted by molar-refractivity contribution is 5.69. The molecule has 0 saturated carbocycles. The van der Waals surface area contributed by atoms with Crippen molar-refractivity contribution in [3.8, 4) is 0 Å². The maximum atomic E-state index is 10.8. The second-order valence-corrected chi connectivity index (χ2v) is 1.93. The molecule has 1 heterocycles. The maximum absolute atomic E-state index is 10.8. The zero-order chi connectivity index (χ0) is 8.27. The normalized spacial score (nSPS) is 12.5. The molecule has 0 aliphatic rings. The van der Waals surface area contributed by atoms with Gasteiger partial charge >= 0.3 is 6.09 Å². The lowest BCUT2D eigenvalue weighted by atomic mass is 10.7. The van der Waals surface area contributed by atoms with Crippen LogP contribution in [0.3, 0.4) is 0 Å². The number of hydrogen-bond donors (Lipinski definition) is 1. The number of carbonyl (C=O) groups excluding carboxylic acids is 1. The summed E-state index contributed by atoms with van der Waals surface area (Å²) in [5, 5.41) is 12.2. The van der Waals surface area contributed by atoms with E-state index < -0.39 is 12.4 Å². The largest absolute Gasteiger partial charge is 0.436 e. The minimum Gasteiger partial charge on any atom is -0.418 e. The topological polar surface area (TPSA) is 64.3 Å². The predicted octanol–water partition coefficient (Wildman–Crippen LogP) is 0.206. The van der Waals surface area contributed by atoms with E-state index in [0.29, 0.717) is 0 Å². The molecule has 1 N–H and O–H groups in total. The van der Waals surface area contributed by atoms with Crippen molar-refractivity contribution in [2.45, 2.75) is 13.2 Å². The number of aliphatic hydroxyl groups is 1. The van der Waals surface area contributed by atoms with E-state index in [1.165, 1.54) is 19.3 Å². The zero-order valence-electron chi connectivity index (χ0n) is 5.97. The van der Waals surface area contributed by atoms with E-state index in [0.717, 1.165) is 4.68 Å². The minimum atomic E-state index is -1.10. The third kappa shape index (κ3) is 2.05. The highest BCUT2D eigenvalue weighted by Crippen LogP contribution is 1.91. The number of ether oxygens (including phenoxy) is 1. The van der Waals surface area contributed by atoms with E-state index in [1.54, 1.807) is 6.07 Å². The van der Waals surface area contributed by atoms with Gasteiger partial charge in [0.1, 0.15) is 0 Å². The monoisotopic (exact) mass is 156 g/mol. The first-order chi connectivity index (χ1) is 5.20. The van der Waals surface area contributed by atoms with Crippen LogP contribution in [0.2, 0.25) is 0 Å². The van der Waals surface area contributed by atoms with Crippen LogP contribution in [-0.2, 0) is 4.74 Å². The first-order valence-electron chi connectivity index (χ1n) is 3.09. The molecule has 60 valence electrons. The number of hydrogen-bond acceptors (Lipinski definition) is 4. The quantitative estimate of drug-likeness (QED) is 0.590. The molecule has 0 fully saturated rings. The van der Waals surface area contributed by atoms with E-state index in [9.17, 15) is 4.79 Å². The lowest BCUT2D eigenvalue weighted by Gasteiger charge is -2.04. The van der Waals surface area contributed by atoms with Crippen LogP contribution in [0, 0.1) is 0 Å². The van der Waals surface area contributed by atoms with E-state index in [1.807, 2.05) is 0 Å². The lowest BCUT2D eigenvalue weighted by molar-refractivity contribution is -0.0377. The van der Waals surface area contributed by atoms with Crippen LogP contribution in [0.4, 0.5) is 4.79 Å². The van der Waals surface area contributed by atoms with Crippen molar-refractivity contribution in [2.75, 3.05) is 0 Å². The smallest absolute Gasteiger partial charge is 0.418 e. The van der Waals surface area contributed by atoms with Crippen LogP contribution in [0.25, 0.3) is 0 Å². The van der Waals surface area contributed by atoms with Gasteiger partial charge in [-0.1, -0.05) is 0 Å². The maximum Gasteiger partial charge on any atom is 0.436 e. The first-order valence-corrected chi connectivity index (χ1v) is 3.09. The summed E-state index contributed by atoms with van der Waals surface area (Å²) in [5.41, 5.74) is 0. The number of rotatable bonds is 1. The Bertz CT molecular complexity index is 230. The Hall–Kier alpha value is -1.36. The molecule has 0 radical (unpaired) electrons. The summed E-state index contributed by atoms with van der Waals surface area (Å²) in [6.45, 7) is 1.35. The molecular weight excluding hydrogens is 148 g/mol. The summed E-state index contributed by atoms with van der Waals surface area (Å²) < 4.78 is 5.40. The molecule has 5 heteroatoms. The highest BCUT2D eigenvalue weighted by Gasteiger charge is 2.07. The predicted molar refractivity (Wildman–Crippen MR) is 35.8 cm³/mol. The van der Waals surface area contributed by atoms with Gasteiger partial charge in [-0.15, -0.1) is 0 Å². The van der Waals surface area contributed by atoms with Gasteiger partial charge in [-0.3, -0.25) is 0 Å². The van der Waals surface area contributed by atoms with E-state index in [4.69, 9.17) is 5.11 Å². The summed E-state index contributed by atoms with van der Waals surface area (Å²) in [7, 11) is 0. The molecule has 1 atom stereocenters. The fourth-order valence-corrected chi connectivity index (χ4v) is 0.577. The van der Waals surface area contributed by atoms with Gasteiger partial charge in [-0.05, 0) is 13.0 Å². The average molecular weight is 156 g/mol. The van der Waals surface area contributed by atoms with E-state index in [-0.39, 0.29) is 0 Å². The summed E-state index contributed by atoms with van der Waals surface area (Å²) in [6, 6.07) is 1.59. The third-order valence-electron chi connectivity index (χ3n) is 0.963. The third-order valence-corrected chi connectivity index (χ3v) is 0.963. The van der Waals surface area contributed by atoms with Crippen molar-refractivity contribution >= 4 is 6.09 Å². The molecular formula is C6H8N2O3. The Kier molecular flexibility index (Phi) is 2.22. The molecule has 1 rings (SSSR count). The first kappa shape index (κ1) is 7.74. The zero-order valence-corrected chi connectivity index (χ0v) is 5.97. The molecule has 11 heavy (non-hydrogen) atoms. The molecule has 1 unspecified atom stereocenters. The standard InChI is InChI=1S/C6H8N2O3/c1-5(9)11-6(10)8-4-2-3-7-8/h2-5,9H,1H3. The summed E-state index contributed by atoms with van der Waals surface area (Å²) in [5.74, 6) is 0. The Balaban J connectivity index is 2.57. The molecule has 5 nitrogen and oxygen atoms in total. The van der Waals surface area contributed by atoms with E-state index in [2.05, 4.69) is 9.84 Å². The molecule has 1 aromatic heterocycles. The fourth-order valence-electron chi connectivity index (χ4n) is 0.577. The average Bonchev–Trinajstić information content (AvgIpc) is 2.35.